The quantitative estimate of drug-likeness (QED) is 0.890. The summed E-state index contributed by atoms with van der Waals surface area (Å²) in [6.45, 7) is 3.35. The highest BCUT2D eigenvalue weighted by Crippen LogP contribution is 2.17. The summed E-state index contributed by atoms with van der Waals surface area (Å²) in [5.41, 5.74) is 1.81. The molecule has 1 aromatic carbocycles. The Kier molecular flexibility index (Phi) is 3.15. The van der Waals surface area contributed by atoms with E-state index in [0.717, 1.165) is 11.3 Å². The zero-order valence-electron chi connectivity index (χ0n) is 9.57. The lowest BCUT2D eigenvalue weighted by atomic mass is 10.3. The van der Waals surface area contributed by atoms with Gasteiger partial charge in [-0.25, -0.2) is 4.68 Å². The molecule has 0 aliphatic carbocycles. The monoisotopic (exact) mass is 249 g/mol. The van der Waals surface area contributed by atoms with Crippen LogP contribution in [0.1, 0.15) is 12.5 Å². The summed E-state index contributed by atoms with van der Waals surface area (Å²) in [4.78, 5) is 11.0. The first-order valence-corrected chi connectivity index (χ1v) is 5.54. The largest absolute Gasteiger partial charge is 0.309 e. The second kappa shape index (κ2) is 4.59. The van der Waals surface area contributed by atoms with Crippen LogP contribution in [-0.2, 0) is 4.79 Å². The van der Waals surface area contributed by atoms with Crippen LogP contribution in [0.15, 0.2) is 30.5 Å². The van der Waals surface area contributed by atoms with Gasteiger partial charge in [0.05, 0.1) is 5.69 Å². The molecular formula is C12H12ClN3O. The molecule has 0 aliphatic heterocycles. The molecule has 0 radical (unpaired) electrons. The average molecular weight is 250 g/mol. The third-order valence-electron chi connectivity index (χ3n) is 2.28. The van der Waals surface area contributed by atoms with Gasteiger partial charge in [0.25, 0.3) is 0 Å². The summed E-state index contributed by atoms with van der Waals surface area (Å²) >= 11 is 5.82. The molecule has 1 heterocycles. The molecule has 0 saturated carbocycles. The van der Waals surface area contributed by atoms with Gasteiger partial charge in [-0.15, -0.1) is 5.10 Å². The summed E-state index contributed by atoms with van der Waals surface area (Å²) in [6.07, 6.45) is 1.86. The van der Waals surface area contributed by atoms with E-state index in [-0.39, 0.29) is 5.91 Å². The van der Waals surface area contributed by atoms with E-state index in [2.05, 4.69) is 10.4 Å². The maximum Gasteiger partial charge on any atom is 0.222 e. The van der Waals surface area contributed by atoms with Crippen molar-refractivity contribution >= 4 is 23.3 Å². The van der Waals surface area contributed by atoms with E-state index in [1.807, 2.05) is 25.3 Å². The molecule has 0 fully saturated rings. The lowest BCUT2D eigenvalue weighted by molar-refractivity contribution is -0.114. The standard InChI is InChI=1S/C12H12ClN3O/c1-8-7-16(15-12(8)14-9(2)17)11-5-3-10(13)4-6-11/h3-7H,1-2H3,(H,14,15,17). The Bertz CT molecular complexity index is 545. The second-order valence-corrected chi connectivity index (χ2v) is 4.20. The molecule has 0 unspecified atom stereocenters. The lowest BCUT2D eigenvalue weighted by Gasteiger charge is -2.00. The summed E-state index contributed by atoms with van der Waals surface area (Å²) in [7, 11) is 0. The van der Waals surface area contributed by atoms with Gasteiger partial charge in [0, 0.05) is 23.7 Å². The minimum absolute atomic E-state index is 0.130. The van der Waals surface area contributed by atoms with Gasteiger partial charge in [0.2, 0.25) is 5.91 Å². The van der Waals surface area contributed by atoms with E-state index in [9.17, 15) is 4.79 Å². The molecule has 88 valence electrons. The molecule has 0 saturated heterocycles. The Morgan fingerprint density at radius 2 is 2.00 bits per heavy atom. The van der Waals surface area contributed by atoms with Crippen LogP contribution < -0.4 is 5.32 Å². The number of hydrogen-bond donors (Lipinski definition) is 1. The van der Waals surface area contributed by atoms with Crippen LogP contribution in [0.3, 0.4) is 0 Å². The molecule has 1 N–H and O–H groups in total. The fourth-order valence-electron chi connectivity index (χ4n) is 1.48. The average Bonchev–Trinajstić information content (AvgIpc) is 2.60. The highest BCUT2D eigenvalue weighted by Gasteiger charge is 2.07. The van der Waals surface area contributed by atoms with Crippen molar-refractivity contribution < 1.29 is 4.79 Å². The fraction of sp³-hybridized carbons (Fsp3) is 0.167. The molecule has 0 aliphatic rings. The van der Waals surface area contributed by atoms with Crippen LogP contribution in [0.4, 0.5) is 5.82 Å². The predicted octanol–water partition coefficient (Wildman–Crippen LogP) is 2.79. The number of aromatic nitrogens is 2. The van der Waals surface area contributed by atoms with Crippen LogP contribution in [0.2, 0.25) is 5.02 Å². The normalized spacial score (nSPS) is 10.3. The summed E-state index contributed by atoms with van der Waals surface area (Å²) < 4.78 is 1.71. The van der Waals surface area contributed by atoms with E-state index in [0.29, 0.717) is 10.8 Å². The van der Waals surface area contributed by atoms with Crippen LogP contribution in [-0.4, -0.2) is 15.7 Å². The number of nitrogens with one attached hydrogen (secondary N) is 1. The van der Waals surface area contributed by atoms with Crippen molar-refractivity contribution in [3.05, 3.63) is 41.0 Å². The van der Waals surface area contributed by atoms with Crippen LogP contribution in [0.25, 0.3) is 5.69 Å². The van der Waals surface area contributed by atoms with Gasteiger partial charge in [-0.1, -0.05) is 11.6 Å². The van der Waals surface area contributed by atoms with Crippen molar-refractivity contribution in [3.8, 4) is 5.69 Å². The molecule has 0 spiro atoms. The molecule has 17 heavy (non-hydrogen) atoms. The molecule has 1 aromatic heterocycles. The number of carbonyl (C=O) groups is 1. The van der Waals surface area contributed by atoms with Crippen molar-refractivity contribution in [2.24, 2.45) is 0 Å². The molecule has 5 heteroatoms. The molecule has 2 aromatic rings. The van der Waals surface area contributed by atoms with E-state index in [4.69, 9.17) is 11.6 Å². The van der Waals surface area contributed by atoms with E-state index < -0.39 is 0 Å². The van der Waals surface area contributed by atoms with Gasteiger partial charge < -0.3 is 5.32 Å². The van der Waals surface area contributed by atoms with E-state index in [1.54, 1.807) is 16.8 Å². The second-order valence-electron chi connectivity index (χ2n) is 3.76. The number of halogens is 1. The number of carbonyl (C=O) groups excluding carboxylic acids is 1. The van der Waals surface area contributed by atoms with Crippen LogP contribution >= 0.6 is 11.6 Å². The summed E-state index contributed by atoms with van der Waals surface area (Å²) in [5, 5.41) is 7.65. The zero-order chi connectivity index (χ0) is 12.4. The Morgan fingerprint density at radius 3 is 2.59 bits per heavy atom. The van der Waals surface area contributed by atoms with Crippen molar-refractivity contribution in [2.45, 2.75) is 13.8 Å². The number of aryl methyl sites for hydroxylation is 1. The number of benzene rings is 1. The molecule has 1 amide bonds. The third kappa shape index (κ3) is 2.65. The first-order valence-electron chi connectivity index (χ1n) is 5.16. The van der Waals surface area contributed by atoms with Crippen molar-refractivity contribution in [2.75, 3.05) is 5.32 Å². The first kappa shape index (κ1) is 11.7. The number of hydrogen-bond acceptors (Lipinski definition) is 2. The minimum atomic E-state index is -0.130. The van der Waals surface area contributed by atoms with E-state index >= 15 is 0 Å². The number of nitrogens with zero attached hydrogens (tertiary/aromatic N) is 2. The van der Waals surface area contributed by atoms with Gasteiger partial charge >= 0.3 is 0 Å². The summed E-state index contributed by atoms with van der Waals surface area (Å²) in [6, 6.07) is 7.33. The smallest absolute Gasteiger partial charge is 0.222 e. The van der Waals surface area contributed by atoms with Crippen LogP contribution in [0, 0.1) is 6.92 Å². The van der Waals surface area contributed by atoms with Gasteiger partial charge in [-0.2, -0.15) is 0 Å². The predicted molar refractivity (Wildman–Crippen MR) is 67.6 cm³/mol. The minimum Gasteiger partial charge on any atom is -0.309 e. The molecule has 2 rings (SSSR count). The van der Waals surface area contributed by atoms with Gasteiger partial charge in [0.15, 0.2) is 5.82 Å². The maximum atomic E-state index is 11.0. The highest BCUT2D eigenvalue weighted by atomic mass is 35.5. The lowest BCUT2D eigenvalue weighted by Crippen LogP contribution is -2.07. The molecular weight excluding hydrogens is 238 g/mol. The van der Waals surface area contributed by atoms with Gasteiger partial charge in [-0.3, -0.25) is 4.79 Å². The number of rotatable bonds is 2. The van der Waals surface area contributed by atoms with Crippen molar-refractivity contribution in [1.29, 1.82) is 0 Å². The third-order valence-corrected chi connectivity index (χ3v) is 2.53. The Morgan fingerprint density at radius 1 is 1.35 bits per heavy atom. The topological polar surface area (TPSA) is 46.9 Å². The Labute approximate surface area is 104 Å². The number of amides is 1. The maximum absolute atomic E-state index is 11.0. The zero-order valence-corrected chi connectivity index (χ0v) is 10.3. The van der Waals surface area contributed by atoms with E-state index in [1.165, 1.54) is 6.92 Å². The number of anilines is 1. The van der Waals surface area contributed by atoms with Gasteiger partial charge in [-0.05, 0) is 31.2 Å². The van der Waals surface area contributed by atoms with Crippen molar-refractivity contribution in [1.82, 2.24) is 9.78 Å². The summed E-state index contributed by atoms with van der Waals surface area (Å²) in [5.74, 6) is 0.446. The Balaban J connectivity index is 2.34. The fourth-order valence-corrected chi connectivity index (χ4v) is 1.60. The molecule has 0 atom stereocenters. The molecule has 4 nitrogen and oxygen atoms in total. The Hall–Kier alpha value is -1.81. The first-order chi connectivity index (χ1) is 8.06. The van der Waals surface area contributed by atoms with Gasteiger partial charge in [0.1, 0.15) is 0 Å². The highest BCUT2D eigenvalue weighted by molar-refractivity contribution is 6.30. The molecule has 0 bridgehead atoms. The van der Waals surface area contributed by atoms with Crippen LogP contribution in [0.5, 0.6) is 0 Å². The van der Waals surface area contributed by atoms with Crippen molar-refractivity contribution in [3.63, 3.8) is 0 Å². The SMILES string of the molecule is CC(=O)Nc1nn(-c2ccc(Cl)cc2)cc1C.